The molecule has 1 heterocycles. The van der Waals surface area contributed by atoms with E-state index in [0.717, 1.165) is 16.8 Å². The number of benzene rings is 2. The Kier molecular flexibility index (Phi) is 8.24. The summed E-state index contributed by atoms with van der Waals surface area (Å²) in [4.78, 5) is 40.3. The highest BCUT2D eigenvalue weighted by Gasteiger charge is 2.42. The largest absolute Gasteiger partial charge is 0.503 e. The van der Waals surface area contributed by atoms with Crippen LogP contribution in [0.2, 0.25) is 0 Å². The van der Waals surface area contributed by atoms with Crippen molar-refractivity contribution in [2.45, 2.75) is 31.7 Å². The van der Waals surface area contributed by atoms with Gasteiger partial charge in [0.05, 0.1) is 11.6 Å². The highest BCUT2D eigenvalue weighted by molar-refractivity contribution is 6.14. The minimum atomic E-state index is -0.853. The van der Waals surface area contributed by atoms with Gasteiger partial charge >= 0.3 is 5.97 Å². The number of rotatable bonds is 11. The number of ketones is 1. The number of carboxylic acids is 1. The molecule has 2 aromatic rings. The number of aliphatic hydroxyl groups is 1. The molecule has 0 spiro atoms. The van der Waals surface area contributed by atoms with Gasteiger partial charge in [0.1, 0.15) is 0 Å². The quantitative estimate of drug-likeness (QED) is 0.380. The number of hydrogen-bond acceptors (Lipinski definition) is 5. The van der Waals surface area contributed by atoms with Gasteiger partial charge in [0.25, 0.3) is 5.91 Å². The van der Waals surface area contributed by atoms with Crippen LogP contribution in [0, 0.1) is 0 Å². The fourth-order valence-corrected chi connectivity index (χ4v) is 4.00. The molecule has 1 unspecified atom stereocenters. The van der Waals surface area contributed by atoms with E-state index in [1.165, 1.54) is 11.0 Å². The molecule has 1 atom stereocenters. The van der Waals surface area contributed by atoms with Crippen molar-refractivity contribution in [3.63, 3.8) is 0 Å². The maximum atomic E-state index is 13.2. The van der Waals surface area contributed by atoms with Gasteiger partial charge in [-0.05, 0) is 42.2 Å². The number of anilines is 1. The van der Waals surface area contributed by atoms with E-state index >= 15 is 0 Å². The average Bonchev–Trinajstić information content (AvgIpc) is 3.08. The number of aliphatic hydroxyl groups excluding tert-OH is 1. The molecule has 34 heavy (non-hydrogen) atoms. The number of carboxylic acid groups (broad SMARTS) is 1. The third kappa shape index (κ3) is 5.92. The first-order valence-corrected chi connectivity index (χ1v) is 11.3. The second-order valence-electron chi connectivity index (χ2n) is 8.46. The predicted molar refractivity (Wildman–Crippen MR) is 131 cm³/mol. The van der Waals surface area contributed by atoms with Gasteiger partial charge in [-0.1, -0.05) is 55.0 Å². The van der Waals surface area contributed by atoms with Gasteiger partial charge in [-0.2, -0.15) is 0 Å². The number of nitrogens with zero attached hydrogens (tertiary/aromatic N) is 2. The van der Waals surface area contributed by atoms with Crippen molar-refractivity contribution in [3.05, 3.63) is 83.1 Å². The van der Waals surface area contributed by atoms with Gasteiger partial charge in [-0.15, -0.1) is 0 Å². The third-order valence-electron chi connectivity index (χ3n) is 5.81. The van der Waals surface area contributed by atoms with Crippen LogP contribution in [0.3, 0.4) is 0 Å². The number of hydrogen-bond donors (Lipinski definition) is 2. The van der Waals surface area contributed by atoms with Crippen LogP contribution >= 0.6 is 0 Å². The number of allylic oxidation sites excluding steroid dienone is 1. The van der Waals surface area contributed by atoms with Crippen molar-refractivity contribution in [1.29, 1.82) is 0 Å². The van der Waals surface area contributed by atoms with Crippen LogP contribution in [-0.2, 0) is 14.4 Å². The Bertz CT molecular complexity index is 1090. The zero-order valence-electron chi connectivity index (χ0n) is 19.5. The molecule has 0 aromatic heterocycles. The minimum Gasteiger partial charge on any atom is -0.503 e. The second kappa shape index (κ2) is 11.3. The molecule has 1 aliphatic heterocycles. The van der Waals surface area contributed by atoms with Crippen molar-refractivity contribution in [2.24, 2.45) is 0 Å². The summed E-state index contributed by atoms with van der Waals surface area (Å²) < 4.78 is 0. The lowest BCUT2D eigenvalue weighted by atomic mass is 9.95. The summed E-state index contributed by atoms with van der Waals surface area (Å²) in [6.45, 7) is 0.307. The van der Waals surface area contributed by atoms with E-state index in [9.17, 15) is 19.5 Å². The number of unbranched alkanes of at least 4 members (excludes halogenated alkanes) is 2. The molecule has 2 aromatic carbocycles. The van der Waals surface area contributed by atoms with Crippen LogP contribution in [-0.4, -0.2) is 53.4 Å². The Morgan fingerprint density at radius 3 is 2.29 bits per heavy atom. The Morgan fingerprint density at radius 2 is 1.68 bits per heavy atom. The van der Waals surface area contributed by atoms with E-state index in [2.05, 4.69) is 0 Å². The number of aliphatic carboxylic acids is 1. The van der Waals surface area contributed by atoms with Gasteiger partial charge in [-0.25, -0.2) is 0 Å². The first-order chi connectivity index (χ1) is 16.3. The molecule has 3 rings (SSSR count). The van der Waals surface area contributed by atoms with Crippen molar-refractivity contribution >= 4 is 29.4 Å². The average molecular weight is 463 g/mol. The Hall–Kier alpha value is -3.87. The number of carbonyl (C=O) groups is 3. The molecule has 0 radical (unpaired) electrons. The van der Waals surface area contributed by atoms with Crippen LogP contribution < -0.4 is 4.90 Å². The van der Waals surface area contributed by atoms with Crippen LogP contribution in [0.5, 0.6) is 0 Å². The summed E-state index contributed by atoms with van der Waals surface area (Å²) in [6.07, 6.45) is 4.81. The number of amides is 1. The van der Waals surface area contributed by atoms with Crippen LogP contribution in [0.4, 0.5) is 5.69 Å². The van der Waals surface area contributed by atoms with E-state index < -0.39 is 29.5 Å². The van der Waals surface area contributed by atoms with E-state index in [-0.39, 0.29) is 12.0 Å². The molecule has 0 saturated heterocycles. The molecule has 0 saturated carbocycles. The zero-order valence-corrected chi connectivity index (χ0v) is 19.5. The number of carbonyl (C=O) groups excluding carboxylic acids is 2. The summed E-state index contributed by atoms with van der Waals surface area (Å²) >= 11 is 0. The molecular formula is C27H30N2O5. The van der Waals surface area contributed by atoms with Crippen molar-refractivity contribution < 1.29 is 24.6 Å². The molecule has 0 bridgehead atoms. The lowest BCUT2D eigenvalue weighted by Crippen LogP contribution is -2.32. The molecular weight excluding hydrogens is 432 g/mol. The normalized spacial score (nSPS) is 15.9. The molecule has 7 nitrogen and oxygen atoms in total. The van der Waals surface area contributed by atoms with Crippen molar-refractivity contribution in [2.75, 3.05) is 25.5 Å². The van der Waals surface area contributed by atoms with Gasteiger partial charge in [-0.3, -0.25) is 14.4 Å². The lowest BCUT2D eigenvalue weighted by Gasteiger charge is -2.27. The molecule has 1 amide bonds. The van der Waals surface area contributed by atoms with Crippen molar-refractivity contribution in [3.8, 4) is 0 Å². The lowest BCUT2D eigenvalue weighted by molar-refractivity contribution is -0.137. The summed E-state index contributed by atoms with van der Waals surface area (Å²) in [5.74, 6) is -2.40. The molecule has 178 valence electrons. The maximum absolute atomic E-state index is 13.2. The highest BCUT2D eigenvalue weighted by atomic mass is 16.4. The van der Waals surface area contributed by atoms with E-state index in [0.29, 0.717) is 25.8 Å². The van der Waals surface area contributed by atoms with Gasteiger partial charge in [0.15, 0.2) is 11.5 Å². The summed E-state index contributed by atoms with van der Waals surface area (Å²) in [5.41, 5.74) is 2.59. The second-order valence-corrected chi connectivity index (χ2v) is 8.46. The smallest absolute Gasteiger partial charge is 0.303 e. The molecule has 0 aliphatic carbocycles. The Labute approximate surface area is 199 Å². The van der Waals surface area contributed by atoms with Crippen LogP contribution in [0.25, 0.3) is 6.08 Å². The minimum absolute atomic E-state index is 0.0559. The standard InChI is InChI=1S/C27H30N2O5/c1-28(2)21-15-13-20(14-16-21)25-24(22(30)17-12-19-9-5-3-6-10-19)26(33)27(34)29(25)18-8-4-7-11-23(31)32/h3,5-6,9-10,12-17,25,33H,4,7-8,11,18H2,1-2H3,(H,31,32). The first kappa shape index (κ1) is 24.8. The van der Waals surface area contributed by atoms with Crippen LogP contribution in [0.15, 0.2) is 72.0 Å². The summed E-state index contributed by atoms with van der Waals surface area (Å²) in [5, 5.41) is 19.5. The fourth-order valence-electron chi connectivity index (χ4n) is 4.00. The monoisotopic (exact) mass is 462 g/mol. The Balaban J connectivity index is 1.88. The van der Waals surface area contributed by atoms with E-state index in [1.807, 2.05) is 73.6 Å². The third-order valence-corrected chi connectivity index (χ3v) is 5.81. The van der Waals surface area contributed by atoms with Crippen LogP contribution in [0.1, 0.15) is 42.9 Å². The summed E-state index contributed by atoms with van der Waals surface area (Å²) in [6, 6.07) is 16.1. The Morgan fingerprint density at radius 1 is 1.00 bits per heavy atom. The van der Waals surface area contributed by atoms with Crippen molar-refractivity contribution in [1.82, 2.24) is 4.90 Å². The molecule has 1 aliphatic rings. The SMILES string of the molecule is CN(C)c1ccc(C2C(C(=O)C=Cc3ccccc3)=C(O)C(=O)N2CCCCCC(=O)O)cc1. The van der Waals surface area contributed by atoms with Gasteiger partial charge in [0, 0.05) is 32.7 Å². The fraction of sp³-hybridized carbons (Fsp3) is 0.296. The molecule has 0 fully saturated rings. The molecule has 7 heteroatoms. The first-order valence-electron chi connectivity index (χ1n) is 11.3. The maximum Gasteiger partial charge on any atom is 0.303 e. The highest BCUT2D eigenvalue weighted by Crippen LogP contribution is 2.38. The van der Waals surface area contributed by atoms with E-state index in [1.54, 1.807) is 6.08 Å². The predicted octanol–water partition coefficient (Wildman–Crippen LogP) is 4.38. The molecule has 2 N–H and O–H groups in total. The van der Waals surface area contributed by atoms with E-state index in [4.69, 9.17) is 5.11 Å². The van der Waals surface area contributed by atoms with Gasteiger partial charge in [0.2, 0.25) is 0 Å². The summed E-state index contributed by atoms with van der Waals surface area (Å²) in [7, 11) is 3.85. The van der Waals surface area contributed by atoms with Gasteiger partial charge < -0.3 is 20.0 Å². The zero-order chi connectivity index (χ0) is 24.7. The topological polar surface area (TPSA) is 98.2 Å².